The first kappa shape index (κ1) is 15.2. The van der Waals surface area contributed by atoms with Crippen molar-refractivity contribution in [1.29, 1.82) is 0 Å². The van der Waals surface area contributed by atoms with E-state index in [9.17, 15) is 9.59 Å². The Labute approximate surface area is 133 Å². The van der Waals surface area contributed by atoms with E-state index in [0.29, 0.717) is 30.8 Å². The number of nitrogens with zero attached hydrogens (tertiary/aromatic N) is 3. The zero-order valence-electron chi connectivity index (χ0n) is 12.8. The van der Waals surface area contributed by atoms with E-state index in [1.807, 2.05) is 12.1 Å². The van der Waals surface area contributed by atoms with Crippen molar-refractivity contribution in [3.05, 3.63) is 30.6 Å². The van der Waals surface area contributed by atoms with Gasteiger partial charge in [0.25, 0.3) is 0 Å². The maximum absolute atomic E-state index is 12.2. The summed E-state index contributed by atoms with van der Waals surface area (Å²) in [7, 11) is 1.80. The lowest BCUT2D eigenvalue weighted by molar-refractivity contribution is -0.141. The van der Waals surface area contributed by atoms with Gasteiger partial charge < -0.3 is 10.4 Å². The SMILES string of the molecule is Cn1cnc(-c2ccc(NC(=O)[C@@H]3CC[C@H](C(=O)O)C3)cc2)n1. The molecule has 1 amide bonds. The maximum Gasteiger partial charge on any atom is 0.306 e. The Bertz CT molecular complexity index is 723. The fraction of sp³-hybridized carbons (Fsp3) is 0.375. The van der Waals surface area contributed by atoms with Crippen LogP contribution in [0.25, 0.3) is 11.4 Å². The Morgan fingerprint density at radius 3 is 2.48 bits per heavy atom. The van der Waals surface area contributed by atoms with Gasteiger partial charge in [0.05, 0.1) is 5.92 Å². The highest BCUT2D eigenvalue weighted by atomic mass is 16.4. The highest BCUT2D eigenvalue weighted by Gasteiger charge is 2.33. The van der Waals surface area contributed by atoms with Crippen LogP contribution in [0.15, 0.2) is 30.6 Å². The number of nitrogens with one attached hydrogen (secondary N) is 1. The van der Waals surface area contributed by atoms with Crippen LogP contribution in [-0.2, 0) is 16.6 Å². The van der Waals surface area contributed by atoms with Gasteiger partial charge in [0.1, 0.15) is 6.33 Å². The number of rotatable bonds is 4. The van der Waals surface area contributed by atoms with E-state index in [2.05, 4.69) is 15.4 Å². The minimum atomic E-state index is -0.812. The predicted octanol–water partition coefficient (Wildman–Crippen LogP) is 1.92. The second kappa shape index (κ2) is 6.20. The largest absolute Gasteiger partial charge is 0.481 e. The van der Waals surface area contributed by atoms with Crippen molar-refractivity contribution in [1.82, 2.24) is 14.8 Å². The molecular formula is C16H18N4O3. The van der Waals surface area contributed by atoms with Crippen LogP contribution in [0, 0.1) is 11.8 Å². The highest BCUT2D eigenvalue weighted by Crippen LogP contribution is 2.32. The van der Waals surface area contributed by atoms with Crippen LogP contribution in [0.4, 0.5) is 5.69 Å². The minimum absolute atomic E-state index is 0.113. The first-order valence-corrected chi connectivity index (χ1v) is 7.52. The lowest BCUT2D eigenvalue weighted by Gasteiger charge is -2.11. The van der Waals surface area contributed by atoms with Crippen LogP contribution >= 0.6 is 0 Å². The Hall–Kier alpha value is -2.70. The molecule has 1 aromatic carbocycles. The van der Waals surface area contributed by atoms with E-state index in [1.54, 1.807) is 30.2 Å². The summed E-state index contributed by atoms with van der Waals surface area (Å²) in [6, 6.07) is 7.29. The molecule has 1 heterocycles. The summed E-state index contributed by atoms with van der Waals surface area (Å²) in [5, 5.41) is 16.1. The zero-order valence-corrected chi connectivity index (χ0v) is 12.8. The number of hydrogen-bond acceptors (Lipinski definition) is 4. The summed E-state index contributed by atoms with van der Waals surface area (Å²) in [4.78, 5) is 27.3. The van der Waals surface area contributed by atoms with Crippen LogP contribution in [0.2, 0.25) is 0 Å². The number of carboxylic acids is 1. The van der Waals surface area contributed by atoms with Gasteiger partial charge in [0.2, 0.25) is 5.91 Å². The molecule has 1 saturated carbocycles. The molecule has 2 atom stereocenters. The number of aliphatic carboxylic acids is 1. The summed E-state index contributed by atoms with van der Waals surface area (Å²) in [5.41, 5.74) is 1.56. The van der Waals surface area contributed by atoms with Crippen molar-refractivity contribution in [3.8, 4) is 11.4 Å². The molecule has 3 rings (SSSR count). The molecule has 2 N–H and O–H groups in total. The number of anilines is 1. The molecule has 0 saturated heterocycles. The van der Waals surface area contributed by atoms with Crippen LogP contribution in [0.3, 0.4) is 0 Å². The number of aryl methyl sites for hydroxylation is 1. The molecule has 120 valence electrons. The average molecular weight is 314 g/mol. The van der Waals surface area contributed by atoms with E-state index in [-0.39, 0.29) is 11.8 Å². The molecule has 1 aliphatic carbocycles. The maximum atomic E-state index is 12.2. The van der Waals surface area contributed by atoms with E-state index >= 15 is 0 Å². The van der Waals surface area contributed by atoms with Crippen LogP contribution in [0.1, 0.15) is 19.3 Å². The monoisotopic (exact) mass is 314 g/mol. The van der Waals surface area contributed by atoms with Gasteiger partial charge in [-0.15, -0.1) is 0 Å². The van der Waals surface area contributed by atoms with Gasteiger partial charge in [-0.25, -0.2) is 4.98 Å². The molecule has 23 heavy (non-hydrogen) atoms. The number of benzene rings is 1. The molecule has 7 heteroatoms. The van der Waals surface area contributed by atoms with Gasteiger partial charge >= 0.3 is 5.97 Å². The molecule has 2 aromatic rings. The molecule has 1 aliphatic rings. The van der Waals surface area contributed by atoms with Gasteiger partial charge in [-0.05, 0) is 43.5 Å². The van der Waals surface area contributed by atoms with E-state index in [0.717, 1.165) is 5.56 Å². The standard InChI is InChI=1S/C16H18N4O3/c1-20-9-17-14(19-20)10-4-6-13(7-5-10)18-15(21)11-2-3-12(8-11)16(22)23/h4-7,9,11-12H,2-3,8H2,1H3,(H,18,21)(H,22,23)/t11-,12+/m1/s1. The smallest absolute Gasteiger partial charge is 0.306 e. The number of carboxylic acid groups (broad SMARTS) is 1. The summed E-state index contributed by atoms with van der Waals surface area (Å²) in [6.45, 7) is 0. The summed E-state index contributed by atoms with van der Waals surface area (Å²) < 4.78 is 1.63. The first-order valence-electron chi connectivity index (χ1n) is 7.52. The van der Waals surface area contributed by atoms with Crippen LogP contribution in [-0.4, -0.2) is 31.7 Å². The number of amides is 1. The second-order valence-corrected chi connectivity index (χ2v) is 5.85. The van der Waals surface area contributed by atoms with Crippen molar-refractivity contribution in [3.63, 3.8) is 0 Å². The molecule has 0 radical (unpaired) electrons. The highest BCUT2D eigenvalue weighted by molar-refractivity contribution is 5.93. The summed E-state index contributed by atoms with van der Waals surface area (Å²) in [5.74, 6) is -0.924. The van der Waals surface area contributed by atoms with Crippen molar-refractivity contribution in [2.75, 3.05) is 5.32 Å². The minimum Gasteiger partial charge on any atom is -0.481 e. The van der Waals surface area contributed by atoms with Crippen LogP contribution < -0.4 is 5.32 Å². The third-order valence-corrected chi connectivity index (χ3v) is 4.16. The molecule has 0 bridgehead atoms. The number of hydrogen-bond donors (Lipinski definition) is 2. The van der Waals surface area contributed by atoms with Crippen molar-refractivity contribution >= 4 is 17.6 Å². The van der Waals surface area contributed by atoms with Crippen LogP contribution in [0.5, 0.6) is 0 Å². The third kappa shape index (κ3) is 3.39. The van der Waals surface area contributed by atoms with Crippen molar-refractivity contribution in [2.45, 2.75) is 19.3 Å². The van der Waals surface area contributed by atoms with Crippen molar-refractivity contribution < 1.29 is 14.7 Å². The van der Waals surface area contributed by atoms with E-state index < -0.39 is 11.9 Å². The fourth-order valence-corrected chi connectivity index (χ4v) is 2.86. The second-order valence-electron chi connectivity index (χ2n) is 5.85. The number of carbonyl (C=O) groups is 2. The quantitative estimate of drug-likeness (QED) is 0.898. The third-order valence-electron chi connectivity index (χ3n) is 4.16. The molecule has 0 unspecified atom stereocenters. The van der Waals surface area contributed by atoms with E-state index in [1.165, 1.54) is 0 Å². The van der Waals surface area contributed by atoms with Gasteiger partial charge in [0, 0.05) is 24.2 Å². The first-order chi connectivity index (χ1) is 11.0. The summed E-state index contributed by atoms with van der Waals surface area (Å²) in [6.07, 6.45) is 3.23. The van der Waals surface area contributed by atoms with Crippen molar-refractivity contribution in [2.24, 2.45) is 18.9 Å². The van der Waals surface area contributed by atoms with E-state index in [4.69, 9.17) is 5.11 Å². The Balaban J connectivity index is 1.62. The molecule has 0 aliphatic heterocycles. The number of carbonyl (C=O) groups excluding carboxylic acids is 1. The van der Waals surface area contributed by atoms with Gasteiger partial charge in [-0.2, -0.15) is 5.10 Å². The zero-order chi connectivity index (χ0) is 16.4. The molecule has 7 nitrogen and oxygen atoms in total. The molecular weight excluding hydrogens is 296 g/mol. The van der Waals surface area contributed by atoms with Gasteiger partial charge in [0.15, 0.2) is 5.82 Å². The lowest BCUT2D eigenvalue weighted by atomic mass is 10.0. The fourth-order valence-electron chi connectivity index (χ4n) is 2.86. The Kier molecular flexibility index (Phi) is 4.10. The normalized spacial score (nSPS) is 20.4. The summed E-state index contributed by atoms with van der Waals surface area (Å²) >= 11 is 0. The Morgan fingerprint density at radius 1 is 1.22 bits per heavy atom. The van der Waals surface area contributed by atoms with Gasteiger partial charge in [-0.3, -0.25) is 14.3 Å². The molecule has 1 aromatic heterocycles. The van der Waals surface area contributed by atoms with Gasteiger partial charge in [-0.1, -0.05) is 0 Å². The number of aromatic nitrogens is 3. The topological polar surface area (TPSA) is 97.1 Å². The predicted molar refractivity (Wildman–Crippen MR) is 83.5 cm³/mol. The Morgan fingerprint density at radius 2 is 1.91 bits per heavy atom. The lowest BCUT2D eigenvalue weighted by Crippen LogP contribution is -2.21. The average Bonchev–Trinajstić information content (AvgIpc) is 3.17. The molecule has 0 spiro atoms. The molecule has 1 fully saturated rings.